The molecule has 0 atom stereocenters. The number of rotatable bonds is 5. The zero-order chi connectivity index (χ0) is 13.0. The van der Waals surface area contributed by atoms with Gasteiger partial charge < -0.3 is 15.8 Å². The van der Waals surface area contributed by atoms with Gasteiger partial charge in [0.1, 0.15) is 5.75 Å². The van der Waals surface area contributed by atoms with Crippen molar-refractivity contribution >= 4 is 22.7 Å². The molecule has 2 rings (SSSR count). The average molecular weight is 262 g/mol. The van der Waals surface area contributed by atoms with Crippen molar-refractivity contribution in [1.29, 1.82) is 0 Å². The van der Waals surface area contributed by atoms with Crippen LogP contribution < -0.4 is 15.8 Å². The van der Waals surface area contributed by atoms with E-state index < -0.39 is 0 Å². The van der Waals surface area contributed by atoms with Gasteiger partial charge in [-0.1, -0.05) is 6.07 Å². The molecule has 0 bridgehead atoms. The zero-order valence-corrected chi connectivity index (χ0v) is 11.5. The first-order valence-corrected chi connectivity index (χ1v) is 6.85. The Bertz CT molecular complexity index is 495. The maximum absolute atomic E-state index is 5.88. The van der Waals surface area contributed by atoms with Crippen LogP contribution in [-0.2, 0) is 6.54 Å². The molecule has 0 saturated heterocycles. The predicted octanol–water partition coefficient (Wildman–Crippen LogP) is 3.73. The zero-order valence-electron chi connectivity index (χ0n) is 10.6. The van der Waals surface area contributed by atoms with Crippen molar-refractivity contribution in [2.75, 3.05) is 11.1 Å². The molecule has 0 spiro atoms. The van der Waals surface area contributed by atoms with Gasteiger partial charge in [0.15, 0.2) is 0 Å². The Kier molecular flexibility index (Phi) is 4.10. The van der Waals surface area contributed by atoms with Gasteiger partial charge in [0, 0.05) is 23.2 Å². The quantitative estimate of drug-likeness (QED) is 0.807. The molecule has 0 aliphatic carbocycles. The third kappa shape index (κ3) is 3.40. The SMILES string of the molecule is CC(C)Oc1cc(NCc2cccs2)ccc1N. The molecule has 0 aliphatic heterocycles. The summed E-state index contributed by atoms with van der Waals surface area (Å²) in [6.45, 7) is 4.80. The molecular formula is C14H18N2OS. The normalized spacial score (nSPS) is 10.6. The van der Waals surface area contributed by atoms with E-state index in [1.807, 2.05) is 32.0 Å². The summed E-state index contributed by atoms with van der Waals surface area (Å²) in [4.78, 5) is 1.30. The van der Waals surface area contributed by atoms with E-state index in [9.17, 15) is 0 Å². The second kappa shape index (κ2) is 5.78. The molecule has 3 N–H and O–H groups in total. The number of anilines is 2. The fraction of sp³-hybridized carbons (Fsp3) is 0.286. The molecule has 1 aromatic carbocycles. The van der Waals surface area contributed by atoms with Crippen molar-refractivity contribution < 1.29 is 4.74 Å². The number of hydrogen-bond donors (Lipinski definition) is 2. The second-order valence-electron chi connectivity index (χ2n) is 4.35. The highest BCUT2D eigenvalue weighted by Gasteiger charge is 2.04. The molecule has 0 amide bonds. The van der Waals surface area contributed by atoms with Crippen LogP contribution in [0.1, 0.15) is 18.7 Å². The van der Waals surface area contributed by atoms with Crippen LogP contribution in [0.2, 0.25) is 0 Å². The summed E-state index contributed by atoms with van der Waals surface area (Å²) in [6, 6.07) is 9.95. The minimum absolute atomic E-state index is 0.125. The number of benzene rings is 1. The highest BCUT2D eigenvalue weighted by molar-refractivity contribution is 7.09. The molecule has 3 nitrogen and oxygen atoms in total. The first-order valence-electron chi connectivity index (χ1n) is 5.97. The molecule has 0 fully saturated rings. The first kappa shape index (κ1) is 12.8. The van der Waals surface area contributed by atoms with Gasteiger partial charge in [-0.05, 0) is 37.4 Å². The maximum atomic E-state index is 5.88. The molecule has 0 saturated carbocycles. The topological polar surface area (TPSA) is 47.3 Å². The van der Waals surface area contributed by atoms with Crippen LogP contribution >= 0.6 is 11.3 Å². The molecule has 96 valence electrons. The van der Waals surface area contributed by atoms with Gasteiger partial charge in [0.2, 0.25) is 0 Å². The van der Waals surface area contributed by atoms with E-state index in [1.54, 1.807) is 11.3 Å². The third-order valence-electron chi connectivity index (χ3n) is 2.42. The van der Waals surface area contributed by atoms with Crippen molar-refractivity contribution in [3.63, 3.8) is 0 Å². The van der Waals surface area contributed by atoms with E-state index in [-0.39, 0.29) is 6.10 Å². The Morgan fingerprint density at radius 1 is 1.33 bits per heavy atom. The Hall–Kier alpha value is -1.68. The van der Waals surface area contributed by atoms with Crippen LogP contribution in [0.15, 0.2) is 35.7 Å². The molecule has 2 aromatic rings. The summed E-state index contributed by atoms with van der Waals surface area (Å²) >= 11 is 1.74. The van der Waals surface area contributed by atoms with Crippen molar-refractivity contribution in [3.05, 3.63) is 40.6 Å². The molecular weight excluding hydrogens is 244 g/mol. The van der Waals surface area contributed by atoms with Crippen LogP contribution in [-0.4, -0.2) is 6.10 Å². The molecule has 0 aliphatic rings. The van der Waals surface area contributed by atoms with Gasteiger partial charge in [0.25, 0.3) is 0 Å². The molecule has 0 unspecified atom stereocenters. The number of nitrogen functional groups attached to an aromatic ring is 1. The van der Waals surface area contributed by atoms with Crippen molar-refractivity contribution in [2.45, 2.75) is 26.5 Å². The fourth-order valence-corrected chi connectivity index (χ4v) is 2.25. The minimum atomic E-state index is 0.125. The third-order valence-corrected chi connectivity index (χ3v) is 3.30. The summed E-state index contributed by atoms with van der Waals surface area (Å²) in [5.41, 5.74) is 7.57. The highest BCUT2D eigenvalue weighted by Crippen LogP contribution is 2.27. The molecule has 0 radical (unpaired) electrons. The summed E-state index contributed by atoms with van der Waals surface area (Å²) < 4.78 is 5.66. The summed E-state index contributed by atoms with van der Waals surface area (Å²) in [6.07, 6.45) is 0.125. The molecule has 18 heavy (non-hydrogen) atoms. The highest BCUT2D eigenvalue weighted by atomic mass is 32.1. The van der Waals surface area contributed by atoms with Gasteiger partial charge in [-0.2, -0.15) is 0 Å². The van der Waals surface area contributed by atoms with E-state index in [4.69, 9.17) is 10.5 Å². The van der Waals surface area contributed by atoms with Crippen LogP contribution in [0.25, 0.3) is 0 Å². The maximum Gasteiger partial charge on any atom is 0.144 e. The monoisotopic (exact) mass is 262 g/mol. The lowest BCUT2D eigenvalue weighted by atomic mass is 10.2. The van der Waals surface area contributed by atoms with Gasteiger partial charge in [-0.25, -0.2) is 0 Å². The summed E-state index contributed by atoms with van der Waals surface area (Å²) in [5.74, 6) is 0.737. The molecule has 4 heteroatoms. The van der Waals surface area contributed by atoms with Crippen molar-refractivity contribution in [1.82, 2.24) is 0 Å². The number of nitrogens with two attached hydrogens (primary N) is 1. The van der Waals surface area contributed by atoms with E-state index >= 15 is 0 Å². The van der Waals surface area contributed by atoms with E-state index in [1.165, 1.54) is 4.88 Å². The number of thiophene rings is 1. The van der Waals surface area contributed by atoms with Crippen molar-refractivity contribution in [2.24, 2.45) is 0 Å². The van der Waals surface area contributed by atoms with E-state index in [0.29, 0.717) is 5.69 Å². The lowest BCUT2D eigenvalue weighted by molar-refractivity contribution is 0.244. The standard InChI is InChI=1S/C14H18N2OS/c1-10(2)17-14-8-11(5-6-13(14)15)16-9-12-4-3-7-18-12/h3-8,10,16H,9,15H2,1-2H3. The smallest absolute Gasteiger partial charge is 0.144 e. The van der Waals surface area contributed by atoms with Crippen LogP contribution in [0.5, 0.6) is 5.75 Å². The van der Waals surface area contributed by atoms with Crippen LogP contribution in [0, 0.1) is 0 Å². The van der Waals surface area contributed by atoms with Gasteiger partial charge in [-0.3, -0.25) is 0 Å². The fourth-order valence-electron chi connectivity index (χ4n) is 1.60. The van der Waals surface area contributed by atoms with Crippen molar-refractivity contribution in [3.8, 4) is 5.75 Å². The van der Waals surface area contributed by atoms with Gasteiger partial charge in [0.05, 0.1) is 11.8 Å². The first-order chi connectivity index (χ1) is 8.65. The van der Waals surface area contributed by atoms with Gasteiger partial charge in [-0.15, -0.1) is 11.3 Å². The summed E-state index contributed by atoms with van der Waals surface area (Å²) in [5, 5.41) is 5.44. The predicted molar refractivity (Wildman–Crippen MR) is 78.3 cm³/mol. The van der Waals surface area contributed by atoms with E-state index in [2.05, 4.69) is 22.8 Å². The lowest BCUT2D eigenvalue weighted by Crippen LogP contribution is -2.08. The average Bonchev–Trinajstić information content (AvgIpc) is 2.82. The summed E-state index contributed by atoms with van der Waals surface area (Å²) in [7, 11) is 0. The molecule has 1 heterocycles. The largest absolute Gasteiger partial charge is 0.489 e. The van der Waals surface area contributed by atoms with E-state index in [0.717, 1.165) is 18.0 Å². The lowest BCUT2D eigenvalue weighted by Gasteiger charge is -2.14. The Balaban J connectivity index is 2.04. The molecule has 1 aromatic heterocycles. The number of nitrogens with one attached hydrogen (secondary N) is 1. The minimum Gasteiger partial charge on any atom is -0.489 e. The Labute approximate surface area is 112 Å². The Morgan fingerprint density at radius 3 is 2.83 bits per heavy atom. The van der Waals surface area contributed by atoms with Crippen LogP contribution in [0.3, 0.4) is 0 Å². The van der Waals surface area contributed by atoms with Gasteiger partial charge >= 0.3 is 0 Å². The Morgan fingerprint density at radius 2 is 2.17 bits per heavy atom. The van der Waals surface area contributed by atoms with Crippen LogP contribution in [0.4, 0.5) is 11.4 Å². The number of ether oxygens (including phenoxy) is 1. The number of hydrogen-bond acceptors (Lipinski definition) is 4. The second-order valence-corrected chi connectivity index (χ2v) is 5.38.